The van der Waals surface area contributed by atoms with E-state index in [2.05, 4.69) is 17.1 Å². The van der Waals surface area contributed by atoms with Crippen molar-refractivity contribution in [2.24, 2.45) is 11.7 Å². The Bertz CT molecular complexity index is 293. The monoisotopic (exact) mass is 227 g/mol. The van der Waals surface area contributed by atoms with E-state index in [1.54, 1.807) is 7.11 Å². The highest BCUT2D eigenvalue weighted by molar-refractivity contribution is 4.92. The van der Waals surface area contributed by atoms with Crippen LogP contribution in [0.3, 0.4) is 0 Å². The first kappa shape index (κ1) is 13.1. The molecule has 2 unspecified atom stereocenters. The van der Waals surface area contributed by atoms with E-state index in [0.29, 0.717) is 24.2 Å². The van der Waals surface area contributed by atoms with Crippen LogP contribution in [0, 0.1) is 5.92 Å². The fraction of sp³-hybridized carbons (Fsp3) is 0.818. The first-order valence-corrected chi connectivity index (χ1v) is 5.80. The van der Waals surface area contributed by atoms with Gasteiger partial charge >= 0.3 is 0 Å². The normalized spacial score (nSPS) is 15.0. The Morgan fingerprint density at radius 1 is 1.38 bits per heavy atom. The molecule has 0 spiro atoms. The van der Waals surface area contributed by atoms with Crippen molar-refractivity contribution in [3.05, 3.63) is 11.7 Å². The standard InChI is InChI=1S/C11H21N3O2/c1-4-8(7-12)6-10-13-11(14-16-10)9(5-2)15-3/h8-9H,4-7,12H2,1-3H3. The summed E-state index contributed by atoms with van der Waals surface area (Å²) in [5, 5.41) is 3.93. The molecule has 0 amide bonds. The molecule has 0 aromatic carbocycles. The predicted molar refractivity (Wildman–Crippen MR) is 60.9 cm³/mol. The Hall–Kier alpha value is -0.940. The third kappa shape index (κ3) is 3.28. The molecular weight excluding hydrogens is 206 g/mol. The number of rotatable bonds is 7. The van der Waals surface area contributed by atoms with Gasteiger partial charge in [-0.15, -0.1) is 0 Å². The van der Waals surface area contributed by atoms with Crippen LogP contribution < -0.4 is 5.73 Å². The van der Waals surface area contributed by atoms with E-state index in [0.717, 1.165) is 19.3 Å². The van der Waals surface area contributed by atoms with E-state index >= 15 is 0 Å². The van der Waals surface area contributed by atoms with Crippen LogP contribution >= 0.6 is 0 Å². The minimum absolute atomic E-state index is 0.0737. The summed E-state index contributed by atoms with van der Waals surface area (Å²) in [7, 11) is 1.65. The summed E-state index contributed by atoms with van der Waals surface area (Å²) in [5.41, 5.74) is 5.64. The summed E-state index contributed by atoms with van der Waals surface area (Å²) >= 11 is 0. The second-order valence-electron chi connectivity index (χ2n) is 3.89. The Morgan fingerprint density at radius 2 is 2.12 bits per heavy atom. The van der Waals surface area contributed by atoms with E-state index in [1.165, 1.54) is 0 Å². The molecule has 1 aromatic rings. The molecular formula is C11H21N3O2. The molecule has 0 saturated heterocycles. The fourth-order valence-corrected chi connectivity index (χ4v) is 1.58. The predicted octanol–water partition coefficient (Wildman–Crippen LogP) is 1.69. The summed E-state index contributed by atoms with van der Waals surface area (Å²) in [6.45, 7) is 4.79. The van der Waals surface area contributed by atoms with Crippen LogP contribution in [0.25, 0.3) is 0 Å². The lowest BCUT2D eigenvalue weighted by atomic mass is 10.0. The van der Waals surface area contributed by atoms with Gasteiger partial charge in [-0.05, 0) is 18.9 Å². The van der Waals surface area contributed by atoms with Crippen molar-refractivity contribution >= 4 is 0 Å². The summed E-state index contributed by atoms with van der Waals surface area (Å²) in [6, 6.07) is 0. The molecule has 5 heteroatoms. The zero-order valence-electron chi connectivity index (χ0n) is 10.3. The van der Waals surface area contributed by atoms with Gasteiger partial charge < -0.3 is 15.0 Å². The fourth-order valence-electron chi connectivity index (χ4n) is 1.58. The van der Waals surface area contributed by atoms with Crippen molar-refractivity contribution in [3.8, 4) is 0 Å². The quantitative estimate of drug-likeness (QED) is 0.767. The van der Waals surface area contributed by atoms with Gasteiger partial charge in [0.15, 0.2) is 0 Å². The van der Waals surface area contributed by atoms with E-state index < -0.39 is 0 Å². The lowest BCUT2D eigenvalue weighted by Gasteiger charge is -2.08. The maximum atomic E-state index is 5.64. The Kier molecular flexibility index (Phi) is 5.42. The van der Waals surface area contributed by atoms with Gasteiger partial charge in [0.2, 0.25) is 11.7 Å². The van der Waals surface area contributed by atoms with Crippen molar-refractivity contribution in [1.29, 1.82) is 0 Å². The Balaban J connectivity index is 2.63. The topological polar surface area (TPSA) is 74.2 Å². The molecule has 0 aliphatic rings. The first-order valence-electron chi connectivity index (χ1n) is 5.80. The average Bonchev–Trinajstić information content (AvgIpc) is 2.76. The summed E-state index contributed by atoms with van der Waals surface area (Å²) in [6.07, 6.45) is 2.54. The Morgan fingerprint density at radius 3 is 2.62 bits per heavy atom. The Labute approximate surface area is 96.4 Å². The van der Waals surface area contributed by atoms with Crippen LogP contribution in [0.2, 0.25) is 0 Å². The van der Waals surface area contributed by atoms with E-state index in [9.17, 15) is 0 Å². The smallest absolute Gasteiger partial charge is 0.227 e. The molecule has 0 bridgehead atoms. The lowest BCUT2D eigenvalue weighted by molar-refractivity contribution is 0.0903. The lowest BCUT2D eigenvalue weighted by Crippen LogP contribution is -2.16. The van der Waals surface area contributed by atoms with Crippen molar-refractivity contribution in [2.45, 2.75) is 39.2 Å². The second kappa shape index (κ2) is 6.60. The summed E-state index contributed by atoms with van der Waals surface area (Å²) in [5.74, 6) is 1.70. The van der Waals surface area contributed by atoms with Gasteiger partial charge in [-0.2, -0.15) is 4.98 Å². The minimum Gasteiger partial charge on any atom is -0.373 e. The molecule has 16 heavy (non-hydrogen) atoms. The third-order valence-electron chi connectivity index (χ3n) is 2.80. The summed E-state index contributed by atoms with van der Waals surface area (Å²) in [4.78, 5) is 4.33. The maximum absolute atomic E-state index is 5.64. The van der Waals surface area contributed by atoms with Crippen LogP contribution in [0.15, 0.2) is 4.52 Å². The van der Waals surface area contributed by atoms with E-state index in [4.69, 9.17) is 15.0 Å². The average molecular weight is 227 g/mol. The summed E-state index contributed by atoms with van der Waals surface area (Å²) < 4.78 is 10.4. The molecule has 0 aliphatic heterocycles. The van der Waals surface area contributed by atoms with E-state index in [1.807, 2.05) is 6.92 Å². The zero-order valence-corrected chi connectivity index (χ0v) is 10.3. The highest BCUT2D eigenvalue weighted by Gasteiger charge is 2.17. The largest absolute Gasteiger partial charge is 0.373 e. The molecule has 1 aromatic heterocycles. The number of methoxy groups -OCH3 is 1. The SMILES string of the molecule is CCC(CN)Cc1nc(C(CC)OC)no1. The van der Waals surface area contributed by atoms with Gasteiger partial charge in [0.1, 0.15) is 6.10 Å². The number of aromatic nitrogens is 2. The number of nitrogens with two attached hydrogens (primary N) is 1. The number of ether oxygens (including phenoxy) is 1. The first-order chi connectivity index (χ1) is 7.74. The molecule has 0 aliphatic carbocycles. The van der Waals surface area contributed by atoms with Crippen molar-refractivity contribution in [2.75, 3.05) is 13.7 Å². The van der Waals surface area contributed by atoms with Gasteiger partial charge in [-0.3, -0.25) is 0 Å². The highest BCUT2D eigenvalue weighted by atomic mass is 16.5. The molecule has 0 saturated carbocycles. The van der Waals surface area contributed by atoms with Gasteiger partial charge in [0.05, 0.1) is 0 Å². The maximum Gasteiger partial charge on any atom is 0.227 e. The van der Waals surface area contributed by atoms with Crippen molar-refractivity contribution in [1.82, 2.24) is 10.1 Å². The van der Waals surface area contributed by atoms with Crippen molar-refractivity contribution < 1.29 is 9.26 Å². The minimum atomic E-state index is -0.0737. The zero-order chi connectivity index (χ0) is 12.0. The molecule has 5 nitrogen and oxygen atoms in total. The molecule has 2 atom stereocenters. The molecule has 1 heterocycles. The molecule has 0 fully saturated rings. The van der Waals surface area contributed by atoms with Gasteiger partial charge in [0, 0.05) is 13.5 Å². The van der Waals surface area contributed by atoms with Gasteiger partial charge in [-0.1, -0.05) is 25.4 Å². The van der Waals surface area contributed by atoms with Gasteiger partial charge in [-0.25, -0.2) is 0 Å². The molecule has 1 rings (SSSR count). The molecule has 0 radical (unpaired) electrons. The van der Waals surface area contributed by atoms with Crippen LogP contribution in [0.4, 0.5) is 0 Å². The van der Waals surface area contributed by atoms with Crippen LogP contribution in [0.5, 0.6) is 0 Å². The number of hydrogen-bond acceptors (Lipinski definition) is 5. The second-order valence-corrected chi connectivity index (χ2v) is 3.89. The number of nitrogens with zero attached hydrogens (tertiary/aromatic N) is 2. The number of hydrogen-bond donors (Lipinski definition) is 1. The van der Waals surface area contributed by atoms with Crippen LogP contribution in [0.1, 0.15) is 44.5 Å². The highest BCUT2D eigenvalue weighted by Crippen LogP contribution is 2.18. The van der Waals surface area contributed by atoms with Crippen molar-refractivity contribution in [3.63, 3.8) is 0 Å². The third-order valence-corrected chi connectivity index (χ3v) is 2.80. The molecule has 92 valence electrons. The van der Waals surface area contributed by atoms with Crippen LogP contribution in [-0.2, 0) is 11.2 Å². The van der Waals surface area contributed by atoms with Crippen LogP contribution in [-0.4, -0.2) is 23.8 Å². The van der Waals surface area contributed by atoms with Gasteiger partial charge in [0.25, 0.3) is 0 Å². The van der Waals surface area contributed by atoms with E-state index in [-0.39, 0.29) is 6.10 Å². The molecule has 2 N–H and O–H groups in total.